The number of aliphatic hydroxyl groups is 1. The number of nitrogens with zero attached hydrogens (tertiary/aromatic N) is 4. The second-order valence-electron chi connectivity index (χ2n) is 7.58. The number of aromatic nitrogens is 3. The van der Waals surface area contributed by atoms with Gasteiger partial charge >= 0.3 is 0 Å². The maximum absolute atomic E-state index is 11.9. The van der Waals surface area contributed by atoms with E-state index in [-0.39, 0.29) is 11.9 Å². The van der Waals surface area contributed by atoms with Crippen LogP contribution in [0.1, 0.15) is 19.8 Å². The summed E-state index contributed by atoms with van der Waals surface area (Å²) in [5.74, 6) is 0.524. The molecule has 154 valence electrons. The molecule has 1 amide bonds. The third-order valence-corrected chi connectivity index (χ3v) is 7.53. The molecule has 6 nitrogen and oxygen atoms in total. The van der Waals surface area contributed by atoms with Gasteiger partial charge in [-0.3, -0.25) is 9.69 Å². The first-order chi connectivity index (χ1) is 14.6. The second kappa shape index (κ2) is 8.02. The Balaban J connectivity index is 1.30. The number of anilines is 1. The Labute approximate surface area is 182 Å². The SMILES string of the molecule is CC(=O)N(c1nnc(SCC(O)Cn2c3ccccc3c3ccccc32)s1)C1CC1. The van der Waals surface area contributed by atoms with Crippen LogP contribution in [0, 0.1) is 0 Å². The Bertz CT molecular complexity index is 1160. The Hall–Kier alpha value is -2.42. The van der Waals surface area contributed by atoms with Crippen LogP contribution in [0.2, 0.25) is 0 Å². The standard InChI is InChI=1S/C22H22N4O2S2/c1-14(27)26(15-10-11-15)21-23-24-22(30-21)29-13-16(28)12-25-19-8-4-2-6-17(19)18-7-3-5-9-20(18)25/h2-9,15-16,28H,10-13H2,1H3. The molecule has 1 fully saturated rings. The number of fused-ring (bicyclic) bond motifs is 3. The maximum atomic E-state index is 11.9. The van der Waals surface area contributed by atoms with Crippen LogP contribution < -0.4 is 4.90 Å². The first-order valence-electron chi connectivity index (χ1n) is 10.0. The first-order valence-corrected chi connectivity index (χ1v) is 11.8. The monoisotopic (exact) mass is 438 g/mol. The van der Waals surface area contributed by atoms with Crippen molar-refractivity contribution in [2.75, 3.05) is 10.7 Å². The van der Waals surface area contributed by atoms with Crippen molar-refractivity contribution in [1.29, 1.82) is 0 Å². The summed E-state index contributed by atoms with van der Waals surface area (Å²) in [7, 11) is 0. The molecule has 0 spiro atoms. The summed E-state index contributed by atoms with van der Waals surface area (Å²) in [5, 5.41) is 22.2. The molecule has 30 heavy (non-hydrogen) atoms. The van der Waals surface area contributed by atoms with Gasteiger partial charge in [-0.2, -0.15) is 0 Å². The molecule has 1 N–H and O–H groups in total. The van der Waals surface area contributed by atoms with E-state index in [0.717, 1.165) is 28.2 Å². The number of rotatable bonds is 7. The molecule has 8 heteroatoms. The number of benzene rings is 2. The van der Waals surface area contributed by atoms with Crippen LogP contribution in [0.15, 0.2) is 52.9 Å². The zero-order valence-corrected chi connectivity index (χ0v) is 18.2. The Morgan fingerprint density at radius 3 is 2.40 bits per heavy atom. The Morgan fingerprint density at radius 2 is 1.80 bits per heavy atom. The minimum Gasteiger partial charge on any atom is -0.390 e. The summed E-state index contributed by atoms with van der Waals surface area (Å²) in [6.07, 6.45) is 1.52. The van der Waals surface area contributed by atoms with Crippen LogP contribution in [-0.2, 0) is 11.3 Å². The van der Waals surface area contributed by atoms with Crippen LogP contribution in [0.25, 0.3) is 21.8 Å². The molecule has 1 aliphatic rings. The van der Waals surface area contributed by atoms with E-state index >= 15 is 0 Å². The van der Waals surface area contributed by atoms with E-state index in [2.05, 4.69) is 39.0 Å². The number of amides is 1. The van der Waals surface area contributed by atoms with Crippen LogP contribution in [0.5, 0.6) is 0 Å². The lowest BCUT2D eigenvalue weighted by atomic mass is 10.2. The molecule has 0 bridgehead atoms. The van der Waals surface area contributed by atoms with Gasteiger partial charge in [0, 0.05) is 40.5 Å². The summed E-state index contributed by atoms with van der Waals surface area (Å²) in [6.45, 7) is 2.08. The van der Waals surface area contributed by atoms with Gasteiger partial charge in [0.1, 0.15) is 0 Å². The second-order valence-corrected chi connectivity index (χ2v) is 9.80. The molecule has 4 aromatic rings. The van der Waals surface area contributed by atoms with E-state index in [1.807, 2.05) is 24.3 Å². The molecule has 1 unspecified atom stereocenters. The molecule has 2 heterocycles. The summed E-state index contributed by atoms with van der Waals surface area (Å²) in [6, 6.07) is 16.9. The number of para-hydroxylation sites is 2. The van der Waals surface area contributed by atoms with E-state index in [1.165, 1.54) is 33.9 Å². The van der Waals surface area contributed by atoms with Gasteiger partial charge in [-0.1, -0.05) is 59.5 Å². The average molecular weight is 439 g/mol. The predicted molar refractivity (Wildman–Crippen MR) is 122 cm³/mol. The highest BCUT2D eigenvalue weighted by molar-refractivity contribution is 8.01. The third kappa shape index (κ3) is 3.71. The van der Waals surface area contributed by atoms with Crippen molar-refractivity contribution in [3.63, 3.8) is 0 Å². The van der Waals surface area contributed by atoms with Crippen LogP contribution in [0.3, 0.4) is 0 Å². The van der Waals surface area contributed by atoms with Gasteiger partial charge in [0.15, 0.2) is 4.34 Å². The van der Waals surface area contributed by atoms with Gasteiger partial charge in [-0.15, -0.1) is 10.2 Å². The topological polar surface area (TPSA) is 71.2 Å². The fourth-order valence-electron chi connectivity index (χ4n) is 3.87. The number of hydrogen-bond donors (Lipinski definition) is 1. The minimum atomic E-state index is -0.533. The maximum Gasteiger partial charge on any atom is 0.225 e. The lowest BCUT2D eigenvalue weighted by molar-refractivity contribution is -0.116. The van der Waals surface area contributed by atoms with E-state index < -0.39 is 6.10 Å². The summed E-state index contributed by atoms with van der Waals surface area (Å²) < 4.78 is 2.96. The van der Waals surface area contributed by atoms with Crippen LogP contribution in [-0.4, -0.2) is 43.7 Å². The zero-order valence-electron chi connectivity index (χ0n) is 16.6. The number of hydrogen-bond acceptors (Lipinski definition) is 6. The van der Waals surface area contributed by atoms with Gasteiger partial charge in [0.2, 0.25) is 11.0 Å². The minimum absolute atomic E-state index is 0.0107. The summed E-state index contributed by atoms with van der Waals surface area (Å²) in [4.78, 5) is 13.7. The van der Waals surface area contributed by atoms with Crippen molar-refractivity contribution in [2.24, 2.45) is 0 Å². The normalized spacial score (nSPS) is 15.0. The molecular weight excluding hydrogens is 416 g/mol. The molecule has 0 radical (unpaired) electrons. The smallest absolute Gasteiger partial charge is 0.225 e. The summed E-state index contributed by atoms with van der Waals surface area (Å²) >= 11 is 2.91. The summed E-state index contributed by atoms with van der Waals surface area (Å²) in [5.41, 5.74) is 2.25. The average Bonchev–Trinajstić information content (AvgIpc) is 3.38. The molecule has 1 atom stereocenters. The number of aliphatic hydroxyl groups excluding tert-OH is 1. The fraction of sp³-hybridized carbons (Fsp3) is 0.318. The molecule has 1 aliphatic carbocycles. The lowest BCUT2D eigenvalue weighted by Crippen LogP contribution is -2.30. The lowest BCUT2D eigenvalue weighted by Gasteiger charge is -2.15. The van der Waals surface area contributed by atoms with Crippen molar-refractivity contribution in [1.82, 2.24) is 14.8 Å². The van der Waals surface area contributed by atoms with Crippen LogP contribution >= 0.6 is 23.1 Å². The molecule has 5 rings (SSSR count). The van der Waals surface area contributed by atoms with Crippen molar-refractivity contribution >= 4 is 55.9 Å². The van der Waals surface area contributed by atoms with Gasteiger partial charge in [-0.25, -0.2) is 0 Å². The van der Waals surface area contributed by atoms with Crippen molar-refractivity contribution in [3.05, 3.63) is 48.5 Å². The van der Waals surface area contributed by atoms with Gasteiger partial charge in [0.25, 0.3) is 0 Å². The molecule has 2 aromatic carbocycles. The van der Waals surface area contributed by atoms with E-state index in [1.54, 1.807) is 11.8 Å². The molecule has 0 aliphatic heterocycles. The first kappa shape index (κ1) is 19.5. The van der Waals surface area contributed by atoms with Gasteiger partial charge in [0.05, 0.1) is 12.6 Å². The van der Waals surface area contributed by atoms with Gasteiger partial charge in [-0.05, 0) is 25.0 Å². The highest BCUT2D eigenvalue weighted by Gasteiger charge is 2.34. The quantitative estimate of drug-likeness (QED) is 0.344. The van der Waals surface area contributed by atoms with Crippen molar-refractivity contribution < 1.29 is 9.90 Å². The molecule has 1 saturated carbocycles. The van der Waals surface area contributed by atoms with Crippen LogP contribution in [0.4, 0.5) is 5.13 Å². The number of carbonyl (C=O) groups is 1. The third-order valence-electron chi connectivity index (χ3n) is 5.33. The van der Waals surface area contributed by atoms with E-state index in [0.29, 0.717) is 17.4 Å². The van der Waals surface area contributed by atoms with Gasteiger partial charge < -0.3 is 9.67 Å². The zero-order chi connectivity index (χ0) is 20.7. The highest BCUT2D eigenvalue weighted by Crippen LogP contribution is 2.36. The molecular formula is C22H22N4O2S2. The Kier molecular flexibility index (Phi) is 5.22. The highest BCUT2D eigenvalue weighted by atomic mass is 32.2. The van der Waals surface area contributed by atoms with E-state index in [4.69, 9.17) is 0 Å². The van der Waals surface area contributed by atoms with Crippen molar-refractivity contribution in [2.45, 2.75) is 42.8 Å². The predicted octanol–water partition coefficient (Wildman–Crippen LogP) is 4.31. The number of carbonyl (C=O) groups excluding carboxylic acids is 1. The molecule has 0 saturated heterocycles. The number of thioether (sulfide) groups is 1. The van der Waals surface area contributed by atoms with E-state index in [9.17, 15) is 9.90 Å². The molecule has 2 aromatic heterocycles. The fourth-order valence-corrected chi connectivity index (χ4v) is 5.77. The Morgan fingerprint density at radius 1 is 1.17 bits per heavy atom. The largest absolute Gasteiger partial charge is 0.390 e. The van der Waals surface area contributed by atoms with Crippen molar-refractivity contribution in [3.8, 4) is 0 Å².